The fourth-order valence-corrected chi connectivity index (χ4v) is 1.87. The molecule has 0 aliphatic carbocycles. The molecule has 2 N–H and O–H groups in total. The fraction of sp³-hybridized carbons (Fsp3) is 0.308. The van der Waals surface area contributed by atoms with Crippen LogP contribution in [0.4, 0.5) is 10.6 Å². The average molecular weight is 338 g/mol. The van der Waals surface area contributed by atoms with Crippen molar-refractivity contribution in [3.05, 3.63) is 40.3 Å². The van der Waals surface area contributed by atoms with Crippen molar-refractivity contribution < 1.29 is 4.79 Å². The lowest BCUT2D eigenvalue weighted by Gasteiger charge is -2.08. The highest BCUT2D eigenvalue weighted by atomic mass is 79.9. The Morgan fingerprint density at radius 2 is 2.20 bits per heavy atom. The third-order valence-electron chi connectivity index (χ3n) is 2.65. The van der Waals surface area contributed by atoms with E-state index in [-0.39, 0.29) is 6.03 Å². The molecule has 2 rings (SSSR count). The Balaban J connectivity index is 1.79. The molecule has 0 saturated heterocycles. The fourth-order valence-electron chi connectivity index (χ4n) is 1.65. The van der Waals surface area contributed by atoms with E-state index in [0.29, 0.717) is 18.9 Å². The Morgan fingerprint density at radius 1 is 1.40 bits per heavy atom. The number of anilines is 1. The van der Waals surface area contributed by atoms with Gasteiger partial charge in [-0.25, -0.2) is 9.78 Å². The largest absolute Gasteiger partial charge is 0.336 e. The van der Waals surface area contributed by atoms with Crippen LogP contribution in [0, 0.1) is 13.8 Å². The summed E-state index contributed by atoms with van der Waals surface area (Å²) in [5.41, 5.74) is 1.93. The van der Waals surface area contributed by atoms with Crippen LogP contribution in [0.2, 0.25) is 0 Å². The van der Waals surface area contributed by atoms with Gasteiger partial charge in [0.05, 0.1) is 18.4 Å². The summed E-state index contributed by atoms with van der Waals surface area (Å²) in [4.78, 5) is 15.9. The predicted molar refractivity (Wildman–Crippen MR) is 80.7 cm³/mol. The van der Waals surface area contributed by atoms with Crippen LogP contribution in [0.25, 0.3) is 0 Å². The minimum Gasteiger partial charge on any atom is -0.336 e. The van der Waals surface area contributed by atoms with E-state index in [1.54, 1.807) is 16.9 Å². The quantitative estimate of drug-likeness (QED) is 0.900. The van der Waals surface area contributed by atoms with Gasteiger partial charge in [-0.2, -0.15) is 5.10 Å². The summed E-state index contributed by atoms with van der Waals surface area (Å²) < 4.78 is 2.70. The lowest BCUT2D eigenvalue weighted by Crippen LogP contribution is -2.31. The molecule has 2 heterocycles. The summed E-state index contributed by atoms with van der Waals surface area (Å²) >= 11 is 3.36. The smallest absolute Gasteiger partial charge is 0.320 e. The van der Waals surface area contributed by atoms with Crippen molar-refractivity contribution in [1.82, 2.24) is 20.1 Å². The Morgan fingerprint density at radius 3 is 2.85 bits per heavy atom. The van der Waals surface area contributed by atoms with Crippen molar-refractivity contribution in [2.45, 2.75) is 20.4 Å². The number of nitrogens with zero attached hydrogens (tertiary/aromatic N) is 3. The highest BCUT2D eigenvalue weighted by molar-refractivity contribution is 9.10. The summed E-state index contributed by atoms with van der Waals surface area (Å²) in [6, 6.07) is 3.32. The van der Waals surface area contributed by atoms with Crippen molar-refractivity contribution >= 4 is 27.8 Å². The second-order valence-electron chi connectivity index (χ2n) is 4.43. The number of halogens is 1. The monoisotopic (exact) mass is 337 g/mol. The standard InChI is InChI=1S/C13H16BrN5O/c1-9-7-16-19(8-9)6-5-15-13(20)18-12-4-3-11(14)10(2)17-12/h3-4,7-8H,5-6H2,1-2H3,(H2,15,17,18,20). The van der Waals surface area contributed by atoms with Crippen LogP contribution in [0.3, 0.4) is 0 Å². The molecule has 2 aromatic rings. The number of hydrogen-bond donors (Lipinski definition) is 2. The van der Waals surface area contributed by atoms with Crippen LogP contribution in [-0.2, 0) is 6.54 Å². The number of urea groups is 1. The van der Waals surface area contributed by atoms with Gasteiger partial charge in [0, 0.05) is 17.2 Å². The average Bonchev–Trinajstić information content (AvgIpc) is 2.80. The van der Waals surface area contributed by atoms with E-state index < -0.39 is 0 Å². The first kappa shape index (κ1) is 14.5. The number of pyridine rings is 1. The van der Waals surface area contributed by atoms with Gasteiger partial charge in [0.25, 0.3) is 0 Å². The van der Waals surface area contributed by atoms with Gasteiger partial charge in [0.1, 0.15) is 5.82 Å². The van der Waals surface area contributed by atoms with Gasteiger partial charge in [0.15, 0.2) is 0 Å². The van der Waals surface area contributed by atoms with E-state index >= 15 is 0 Å². The highest BCUT2D eigenvalue weighted by Crippen LogP contribution is 2.15. The van der Waals surface area contributed by atoms with Crippen molar-refractivity contribution in [3.8, 4) is 0 Å². The highest BCUT2D eigenvalue weighted by Gasteiger charge is 2.04. The molecule has 0 fully saturated rings. The molecule has 6 nitrogen and oxygen atoms in total. The molecule has 2 aromatic heterocycles. The normalized spacial score (nSPS) is 10.3. The Kier molecular flexibility index (Phi) is 4.73. The molecule has 0 aliphatic rings. The summed E-state index contributed by atoms with van der Waals surface area (Å²) in [7, 11) is 0. The minimum absolute atomic E-state index is 0.275. The summed E-state index contributed by atoms with van der Waals surface area (Å²) in [6.07, 6.45) is 3.72. The first-order chi connectivity index (χ1) is 9.54. The number of hydrogen-bond acceptors (Lipinski definition) is 3. The molecule has 0 atom stereocenters. The van der Waals surface area contributed by atoms with Gasteiger partial charge in [0.2, 0.25) is 0 Å². The van der Waals surface area contributed by atoms with E-state index in [2.05, 4.69) is 36.6 Å². The van der Waals surface area contributed by atoms with Crippen LogP contribution in [0.15, 0.2) is 29.0 Å². The number of carbonyl (C=O) groups excluding carboxylic acids is 1. The Hall–Kier alpha value is -1.89. The van der Waals surface area contributed by atoms with Crippen LogP contribution >= 0.6 is 15.9 Å². The predicted octanol–water partition coefficient (Wildman–Crippen LogP) is 2.48. The first-order valence-electron chi connectivity index (χ1n) is 6.21. The maximum absolute atomic E-state index is 11.7. The van der Waals surface area contributed by atoms with Crippen molar-refractivity contribution in [3.63, 3.8) is 0 Å². The molecular formula is C13H16BrN5O. The summed E-state index contributed by atoms with van der Waals surface area (Å²) in [5, 5.41) is 9.60. The van der Waals surface area contributed by atoms with E-state index in [4.69, 9.17) is 0 Å². The molecule has 0 aliphatic heterocycles. The lowest BCUT2D eigenvalue weighted by molar-refractivity contribution is 0.251. The first-order valence-corrected chi connectivity index (χ1v) is 7.01. The van der Waals surface area contributed by atoms with E-state index in [9.17, 15) is 4.79 Å². The third-order valence-corrected chi connectivity index (χ3v) is 3.49. The van der Waals surface area contributed by atoms with Crippen LogP contribution in [0.5, 0.6) is 0 Å². The maximum Gasteiger partial charge on any atom is 0.320 e. The zero-order valence-electron chi connectivity index (χ0n) is 11.4. The molecule has 0 unspecified atom stereocenters. The summed E-state index contributed by atoms with van der Waals surface area (Å²) in [6.45, 7) is 4.98. The zero-order chi connectivity index (χ0) is 14.5. The molecule has 0 bridgehead atoms. The molecule has 0 saturated carbocycles. The van der Waals surface area contributed by atoms with E-state index in [0.717, 1.165) is 15.7 Å². The summed E-state index contributed by atoms with van der Waals surface area (Å²) in [5.74, 6) is 0.526. The SMILES string of the molecule is Cc1cnn(CCNC(=O)Nc2ccc(Br)c(C)n2)c1. The minimum atomic E-state index is -0.275. The van der Waals surface area contributed by atoms with Crippen molar-refractivity contribution in [1.29, 1.82) is 0 Å². The van der Waals surface area contributed by atoms with Crippen LogP contribution < -0.4 is 10.6 Å². The molecular weight excluding hydrogens is 322 g/mol. The van der Waals surface area contributed by atoms with Crippen molar-refractivity contribution in [2.24, 2.45) is 0 Å². The molecule has 106 valence electrons. The lowest BCUT2D eigenvalue weighted by atomic mass is 10.4. The second-order valence-corrected chi connectivity index (χ2v) is 5.28. The molecule has 20 heavy (non-hydrogen) atoms. The van der Waals surface area contributed by atoms with Gasteiger partial charge in [-0.15, -0.1) is 0 Å². The van der Waals surface area contributed by atoms with Gasteiger partial charge in [-0.1, -0.05) is 0 Å². The number of aromatic nitrogens is 3. The number of aryl methyl sites for hydroxylation is 2. The Labute approximate surface area is 125 Å². The molecule has 7 heteroatoms. The van der Waals surface area contributed by atoms with Gasteiger partial charge >= 0.3 is 6.03 Å². The maximum atomic E-state index is 11.7. The molecule has 0 spiro atoms. The molecule has 2 amide bonds. The number of amides is 2. The van der Waals surface area contributed by atoms with Crippen molar-refractivity contribution in [2.75, 3.05) is 11.9 Å². The van der Waals surface area contributed by atoms with Gasteiger partial charge in [-0.05, 0) is 47.5 Å². The number of nitrogens with one attached hydrogen (secondary N) is 2. The number of rotatable bonds is 4. The second kappa shape index (κ2) is 6.51. The van der Waals surface area contributed by atoms with Gasteiger partial charge in [-0.3, -0.25) is 10.00 Å². The van der Waals surface area contributed by atoms with Crippen LogP contribution in [-0.4, -0.2) is 27.3 Å². The Bertz CT molecular complexity index is 611. The van der Waals surface area contributed by atoms with Crippen LogP contribution in [0.1, 0.15) is 11.3 Å². The third kappa shape index (κ3) is 4.06. The molecule has 0 aromatic carbocycles. The van der Waals surface area contributed by atoms with Gasteiger partial charge < -0.3 is 5.32 Å². The van der Waals surface area contributed by atoms with E-state index in [1.807, 2.05) is 26.1 Å². The molecule has 0 radical (unpaired) electrons. The van der Waals surface area contributed by atoms with E-state index in [1.165, 1.54) is 0 Å². The number of carbonyl (C=O) groups is 1. The zero-order valence-corrected chi connectivity index (χ0v) is 12.9. The topological polar surface area (TPSA) is 71.8 Å².